The molecule has 0 radical (unpaired) electrons. The number of hydrogen-bond donors (Lipinski definition) is 1. The lowest BCUT2D eigenvalue weighted by molar-refractivity contribution is 0.102. The second-order valence-corrected chi connectivity index (χ2v) is 4.73. The van der Waals surface area contributed by atoms with E-state index < -0.39 is 0 Å². The van der Waals surface area contributed by atoms with Gasteiger partial charge in [-0.15, -0.1) is 0 Å². The fourth-order valence-electron chi connectivity index (χ4n) is 1.25. The second kappa shape index (κ2) is 5.22. The van der Waals surface area contributed by atoms with Crippen LogP contribution in [0, 0.1) is 10.5 Å². The summed E-state index contributed by atoms with van der Waals surface area (Å²) in [4.78, 5) is 19.8. The molecule has 86 valence electrons. The fourth-order valence-corrected chi connectivity index (χ4v) is 1.61. The van der Waals surface area contributed by atoms with Crippen molar-refractivity contribution < 1.29 is 4.79 Å². The van der Waals surface area contributed by atoms with Crippen molar-refractivity contribution in [3.63, 3.8) is 0 Å². The first kappa shape index (κ1) is 12.0. The van der Waals surface area contributed by atoms with Crippen molar-refractivity contribution in [3.8, 4) is 0 Å². The number of hydrogen-bond acceptors (Lipinski definition) is 3. The van der Waals surface area contributed by atoms with Gasteiger partial charge in [-0.25, -0.2) is 9.97 Å². The molecule has 0 saturated carbocycles. The minimum atomic E-state index is -0.203. The van der Waals surface area contributed by atoms with Gasteiger partial charge in [-0.3, -0.25) is 4.79 Å². The maximum atomic E-state index is 11.8. The van der Waals surface area contributed by atoms with Crippen LogP contribution in [-0.2, 0) is 0 Å². The van der Waals surface area contributed by atoms with Crippen LogP contribution >= 0.6 is 22.6 Å². The van der Waals surface area contributed by atoms with E-state index in [-0.39, 0.29) is 5.91 Å². The highest BCUT2D eigenvalue weighted by molar-refractivity contribution is 14.1. The quantitative estimate of drug-likeness (QED) is 0.856. The van der Waals surface area contributed by atoms with Crippen molar-refractivity contribution in [2.75, 3.05) is 5.32 Å². The van der Waals surface area contributed by atoms with Gasteiger partial charge in [0.15, 0.2) is 0 Å². The molecular weight excluding hydrogens is 329 g/mol. The monoisotopic (exact) mass is 339 g/mol. The molecule has 1 aromatic carbocycles. The number of halogens is 1. The van der Waals surface area contributed by atoms with E-state index in [1.807, 2.05) is 24.3 Å². The van der Waals surface area contributed by atoms with E-state index in [0.29, 0.717) is 11.4 Å². The summed E-state index contributed by atoms with van der Waals surface area (Å²) in [6, 6.07) is 7.58. The summed E-state index contributed by atoms with van der Waals surface area (Å²) in [6.45, 7) is 1.78. The molecule has 1 heterocycles. The van der Waals surface area contributed by atoms with Crippen molar-refractivity contribution in [1.82, 2.24) is 9.97 Å². The van der Waals surface area contributed by atoms with Gasteiger partial charge in [0.05, 0.1) is 5.56 Å². The van der Waals surface area contributed by atoms with Gasteiger partial charge in [-0.1, -0.05) is 0 Å². The summed E-state index contributed by atoms with van der Waals surface area (Å²) >= 11 is 2.21. The van der Waals surface area contributed by atoms with Gasteiger partial charge in [0.1, 0.15) is 5.82 Å². The van der Waals surface area contributed by atoms with Crippen molar-refractivity contribution in [1.29, 1.82) is 0 Å². The smallest absolute Gasteiger partial charge is 0.258 e. The average Bonchev–Trinajstić information content (AvgIpc) is 2.33. The van der Waals surface area contributed by atoms with E-state index in [1.165, 1.54) is 12.4 Å². The molecule has 4 nitrogen and oxygen atoms in total. The van der Waals surface area contributed by atoms with Crippen LogP contribution in [0.15, 0.2) is 36.7 Å². The van der Waals surface area contributed by atoms with Crippen molar-refractivity contribution in [2.45, 2.75) is 6.92 Å². The van der Waals surface area contributed by atoms with Crippen LogP contribution in [0.25, 0.3) is 0 Å². The molecule has 0 spiro atoms. The number of aromatic nitrogens is 2. The minimum absolute atomic E-state index is 0.203. The first-order valence-electron chi connectivity index (χ1n) is 5.01. The number of nitrogens with one attached hydrogen (secondary N) is 1. The molecule has 1 amide bonds. The number of carbonyl (C=O) groups is 1. The Bertz CT molecular complexity index is 522. The number of benzene rings is 1. The van der Waals surface area contributed by atoms with Gasteiger partial charge in [0, 0.05) is 21.7 Å². The molecule has 2 rings (SSSR count). The van der Waals surface area contributed by atoms with Crippen LogP contribution in [0.4, 0.5) is 5.69 Å². The Balaban J connectivity index is 2.11. The largest absolute Gasteiger partial charge is 0.322 e. The Morgan fingerprint density at radius 3 is 2.35 bits per heavy atom. The molecule has 0 saturated heterocycles. The molecule has 0 aliphatic rings. The number of amides is 1. The molecule has 2 aromatic rings. The summed E-state index contributed by atoms with van der Waals surface area (Å²) in [7, 11) is 0. The Morgan fingerprint density at radius 2 is 1.76 bits per heavy atom. The normalized spacial score (nSPS) is 10.0. The zero-order chi connectivity index (χ0) is 12.3. The van der Waals surface area contributed by atoms with Gasteiger partial charge in [-0.05, 0) is 53.8 Å². The summed E-state index contributed by atoms with van der Waals surface area (Å²) in [5.41, 5.74) is 1.21. The Kier molecular flexibility index (Phi) is 3.68. The molecule has 5 heteroatoms. The zero-order valence-electron chi connectivity index (χ0n) is 9.14. The minimum Gasteiger partial charge on any atom is -0.322 e. The van der Waals surface area contributed by atoms with Crippen LogP contribution < -0.4 is 5.32 Å². The van der Waals surface area contributed by atoms with E-state index in [1.54, 1.807) is 6.92 Å². The average molecular weight is 339 g/mol. The summed E-state index contributed by atoms with van der Waals surface area (Å²) < 4.78 is 1.12. The summed E-state index contributed by atoms with van der Waals surface area (Å²) in [5.74, 6) is 0.446. The molecule has 1 aromatic heterocycles. The zero-order valence-corrected chi connectivity index (χ0v) is 11.3. The first-order chi connectivity index (χ1) is 8.15. The molecule has 1 N–H and O–H groups in total. The van der Waals surface area contributed by atoms with Crippen LogP contribution in [-0.4, -0.2) is 15.9 Å². The molecule has 0 atom stereocenters. The van der Waals surface area contributed by atoms with Gasteiger partial charge < -0.3 is 5.32 Å². The van der Waals surface area contributed by atoms with E-state index in [9.17, 15) is 4.79 Å². The van der Waals surface area contributed by atoms with Crippen LogP contribution in [0.3, 0.4) is 0 Å². The van der Waals surface area contributed by atoms with Crippen LogP contribution in [0.2, 0.25) is 0 Å². The molecule has 0 bridgehead atoms. The van der Waals surface area contributed by atoms with E-state index >= 15 is 0 Å². The summed E-state index contributed by atoms with van der Waals surface area (Å²) in [5, 5.41) is 2.78. The lowest BCUT2D eigenvalue weighted by atomic mass is 10.3. The van der Waals surface area contributed by atoms with Gasteiger partial charge in [0.25, 0.3) is 5.91 Å². The predicted octanol–water partition coefficient (Wildman–Crippen LogP) is 2.64. The fraction of sp³-hybridized carbons (Fsp3) is 0.0833. The first-order valence-corrected chi connectivity index (χ1v) is 6.08. The Hall–Kier alpha value is -1.50. The molecule has 17 heavy (non-hydrogen) atoms. The van der Waals surface area contributed by atoms with Crippen molar-refractivity contribution >= 4 is 34.2 Å². The standard InChI is InChI=1S/C12H10IN3O/c1-8-14-6-9(7-15-8)12(17)16-11-4-2-10(13)3-5-11/h2-7H,1H3,(H,16,17). The van der Waals surface area contributed by atoms with Gasteiger partial charge in [0.2, 0.25) is 0 Å². The topological polar surface area (TPSA) is 54.9 Å². The van der Waals surface area contributed by atoms with E-state index in [4.69, 9.17) is 0 Å². The van der Waals surface area contributed by atoms with Crippen molar-refractivity contribution in [2.24, 2.45) is 0 Å². The number of nitrogens with zero attached hydrogens (tertiary/aromatic N) is 2. The van der Waals surface area contributed by atoms with E-state index in [0.717, 1.165) is 9.26 Å². The highest BCUT2D eigenvalue weighted by Gasteiger charge is 2.06. The van der Waals surface area contributed by atoms with Crippen LogP contribution in [0.5, 0.6) is 0 Å². The van der Waals surface area contributed by atoms with E-state index in [2.05, 4.69) is 37.9 Å². The van der Waals surface area contributed by atoms with Gasteiger partial charge in [-0.2, -0.15) is 0 Å². The lowest BCUT2D eigenvalue weighted by Gasteiger charge is -2.04. The molecule has 0 unspecified atom stereocenters. The van der Waals surface area contributed by atoms with Crippen LogP contribution in [0.1, 0.15) is 16.2 Å². The lowest BCUT2D eigenvalue weighted by Crippen LogP contribution is -2.12. The number of anilines is 1. The highest BCUT2D eigenvalue weighted by Crippen LogP contribution is 2.12. The predicted molar refractivity (Wildman–Crippen MR) is 73.9 cm³/mol. The molecule has 0 fully saturated rings. The Morgan fingerprint density at radius 1 is 1.18 bits per heavy atom. The number of carbonyl (C=O) groups excluding carboxylic acids is 1. The third-order valence-electron chi connectivity index (χ3n) is 2.15. The highest BCUT2D eigenvalue weighted by atomic mass is 127. The van der Waals surface area contributed by atoms with Crippen molar-refractivity contribution in [3.05, 3.63) is 51.6 Å². The van der Waals surface area contributed by atoms with Gasteiger partial charge >= 0.3 is 0 Å². The SMILES string of the molecule is Cc1ncc(C(=O)Nc2ccc(I)cc2)cn1. The number of aryl methyl sites for hydroxylation is 1. The summed E-state index contributed by atoms with van der Waals surface area (Å²) in [6.07, 6.45) is 3.04. The number of rotatable bonds is 2. The maximum Gasteiger partial charge on any atom is 0.258 e. The molecular formula is C12H10IN3O. The third kappa shape index (κ3) is 3.23. The molecule has 0 aliphatic carbocycles. The maximum absolute atomic E-state index is 11.8. The Labute approximate surface area is 113 Å². The third-order valence-corrected chi connectivity index (χ3v) is 2.86. The molecule has 0 aliphatic heterocycles. The second-order valence-electron chi connectivity index (χ2n) is 3.48.